The van der Waals surface area contributed by atoms with Crippen molar-refractivity contribution in [2.45, 2.75) is 6.54 Å². The Morgan fingerprint density at radius 1 is 1.53 bits per heavy atom. The van der Waals surface area contributed by atoms with Gasteiger partial charge < -0.3 is 10.3 Å². The lowest BCUT2D eigenvalue weighted by Gasteiger charge is -2.01. The number of nitrogens with zero attached hydrogens (tertiary/aromatic N) is 3. The monoisotopic (exact) mass is 272 g/mol. The molecule has 0 radical (unpaired) electrons. The van der Waals surface area contributed by atoms with Gasteiger partial charge in [0.1, 0.15) is 23.6 Å². The summed E-state index contributed by atoms with van der Waals surface area (Å²) in [5, 5.41) is 11.3. The molecule has 3 N–H and O–H groups in total. The van der Waals surface area contributed by atoms with Crippen molar-refractivity contribution in [3.63, 3.8) is 0 Å². The van der Waals surface area contributed by atoms with Gasteiger partial charge in [0, 0.05) is 17.6 Å². The average Bonchev–Trinajstić information content (AvgIpc) is 2.97. The van der Waals surface area contributed by atoms with Gasteiger partial charge in [-0.25, -0.2) is 9.55 Å². The number of aromatic nitrogens is 3. The number of nitrogens with one attached hydrogen (secondary N) is 1. The third-order valence-electron chi connectivity index (χ3n) is 2.98. The topological polar surface area (TPSA) is 71.6 Å². The van der Waals surface area contributed by atoms with Crippen LogP contribution >= 0.6 is 11.3 Å². The van der Waals surface area contributed by atoms with E-state index in [1.807, 2.05) is 23.2 Å². The Kier molecular flexibility index (Phi) is 2.79. The molecule has 3 aromatic heterocycles. The first-order chi connectivity index (χ1) is 9.13. The summed E-state index contributed by atoms with van der Waals surface area (Å²) in [7, 11) is 2.01. The molecule has 0 aliphatic rings. The molecule has 3 rings (SSSR count). The fourth-order valence-electron chi connectivity index (χ4n) is 2.04. The predicted molar refractivity (Wildman–Crippen MR) is 75.3 cm³/mol. The minimum Gasteiger partial charge on any atom is -0.382 e. The molecular formula is C13H14N5S+. The summed E-state index contributed by atoms with van der Waals surface area (Å²) in [6.45, 7) is 0.704. The van der Waals surface area contributed by atoms with Crippen LogP contribution in [0.15, 0.2) is 36.1 Å². The highest BCUT2D eigenvalue weighted by atomic mass is 32.1. The van der Waals surface area contributed by atoms with E-state index in [2.05, 4.69) is 34.1 Å². The van der Waals surface area contributed by atoms with E-state index in [0.29, 0.717) is 12.2 Å². The summed E-state index contributed by atoms with van der Waals surface area (Å²) in [4.78, 5) is 4.35. The lowest BCUT2D eigenvalue weighted by Crippen LogP contribution is -2.25. The Balaban J connectivity index is 1.94. The summed E-state index contributed by atoms with van der Waals surface area (Å²) < 4.78 is 4.18. The molecular weight excluding hydrogens is 258 g/mol. The Labute approximate surface area is 114 Å². The summed E-state index contributed by atoms with van der Waals surface area (Å²) in [6, 6.07) is 4.18. The van der Waals surface area contributed by atoms with E-state index in [1.54, 1.807) is 0 Å². The molecule has 5 nitrogen and oxygen atoms in total. The largest absolute Gasteiger partial charge is 0.382 e. The summed E-state index contributed by atoms with van der Waals surface area (Å²) in [6.07, 6.45) is 6.18. The molecule has 96 valence electrons. The third kappa shape index (κ3) is 2.22. The quantitative estimate of drug-likeness (QED) is 0.428. The van der Waals surface area contributed by atoms with Crippen LogP contribution in [0.4, 0.5) is 0 Å². The molecule has 0 bridgehead atoms. The predicted octanol–water partition coefficient (Wildman–Crippen LogP) is 1.25. The molecule has 0 spiro atoms. The molecule has 0 saturated carbocycles. The highest BCUT2D eigenvalue weighted by Crippen LogP contribution is 2.17. The lowest BCUT2D eigenvalue weighted by molar-refractivity contribution is -0.670. The number of hydrogen-bond donors (Lipinski definition) is 2. The lowest BCUT2D eigenvalue weighted by atomic mass is 10.3. The van der Waals surface area contributed by atoms with E-state index in [4.69, 9.17) is 11.1 Å². The first kappa shape index (κ1) is 11.9. The van der Waals surface area contributed by atoms with Crippen LogP contribution < -0.4 is 10.3 Å². The van der Waals surface area contributed by atoms with Crippen LogP contribution in [-0.2, 0) is 13.6 Å². The van der Waals surface area contributed by atoms with Gasteiger partial charge in [-0.1, -0.05) is 0 Å². The summed E-state index contributed by atoms with van der Waals surface area (Å²) in [5.74, 6) is 0.0203. The van der Waals surface area contributed by atoms with Crippen LogP contribution in [0.1, 0.15) is 10.7 Å². The van der Waals surface area contributed by atoms with Crippen LogP contribution in [0.25, 0.3) is 10.9 Å². The fraction of sp³-hybridized carbons (Fsp3) is 0.154. The average molecular weight is 272 g/mol. The number of rotatable bonds is 3. The van der Waals surface area contributed by atoms with E-state index in [0.717, 1.165) is 5.01 Å². The minimum absolute atomic E-state index is 0.0203. The maximum atomic E-state index is 7.37. The molecule has 0 saturated heterocycles. The van der Waals surface area contributed by atoms with Crippen molar-refractivity contribution >= 4 is 28.1 Å². The molecule has 19 heavy (non-hydrogen) atoms. The standard InChI is InChI=1S/C13H14N5S/c1-17-4-3-11-9(6-17)2-5-18(11)7-12-16-10(8-19-12)13(14)15/h2-6,8H,7H2,1H3,(H3,14,15)/q+1. The van der Waals surface area contributed by atoms with Crippen LogP contribution in [0, 0.1) is 5.41 Å². The Bertz CT molecular complexity index is 755. The summed E-state index contributed by atoms with van der Waals surface area (Å²) >= 11 is 1.53. The Morgan fingerprint density at radius 2 is 2.37 bits per heavy atom. The molecule has 0 aliphatic carbocycles. The number of aryl methyl sites for hydroxylation is 1. The van der Waals surface area contributed by atoms with Gasteiger partial charge in [-0.2, -0.15) is 0 Å². The van der Waals surface area contributed by atoms with E-state index >= 15 is 0 Å². The number of nitrogen functional groups attached to an aromatic ring is 1. The first-order valence-electron chi connectivity index (χ1n) is 5.86. The van der Waals surface area contributed by atoms with Crippen molar-refractivity contribution in [2.75, 3.05) is 0 Å². The smallest absolute Gasteiger partial charge is 0.177 e. The van der Waals surface area contributed by atoms with Crippen LogP contribution in [0.3, 0.4) is 0 Å². The number of pyridine rings is 1. The normalized spacial score (nSPS) is 11.0. The van der Waals surface area contributed by atoms with Crippen molar-refractivity contribution in [3.8, 4) is 0 Å². The zero-order valence-electron chi connectivity index (χ0n) is 10.5. The van der Waals surface area contributed by atoms with Gasteiger partial charge in [-0.3, -0.25) is 5.41 Å². The first-order valence-corrected chi connectivity index (χ1v) is 6.74. The van der Waals surface area contributed by atoms with E-state index in [1.165, 1.54) is 22.2 Å². The fourth-order valence-corrected chi connectivity index (χ4v) is 2.84. The van der Waals surface area contributed by atoms with E-state index in [-0.39, 0.29) is 5.84 Å². The maximum absolute atomic E-state index is 7.37. The maximum Gasteiger partial charge on any atom is 0.177 e. The molecule has 0 aromatic carbocycles. The van der Waals surface area contributed by atoms with E-state index in [9.17, 15) is 0 Å². The number of thiazole rings is 1. The molecule has 0 atom stereocenters. The highest BCUT2D eigenvalue weighted by Gasteiger charge is 2.08. The number of fused-ring (bicyclic) bond motifs is 1. The van der Waals surface area contributed by atoms with Crippen LogP contribution in [0.5, 0.6) is 0 Å². The van der Waals surface area contributed by atoms with Gasteiger partial charge >= 0.3 is 0 Å². The summed E-state index contributed by atoms with van der Waals surface area (Å²) in [5.41, 5.74) is 7.16. The molecule has 0 unspecified atom stereocenters. The van der Waals surface area contributed by atoms with Gasteiger partial charge in [-0.05, 0) is 6.07 Å². The minimum atomic E-state index is 0.0203. The van der Waals surface area contributed by atoms with Gasteiger partial charge in [0.25, 0.3) is 0 Å². The number of nitrogens with two attached hydrogens (primary N) is 1. The molecule has 3 heterocycles. The van der Waals surface area contributed by atoms with Crippen molar-refractivity contribution in [3.05, 3.63) is 46.8 Å². The SMILES string of the molecule is C[n+]1ccc2c(ccn2Cc2nc(C(=N)N)cs2)c1. The second kappa shape index (κ2) is 4.47. The zero-order valence-corrected chi connectivity index (χ0v) is 11.3. The third-order valence-corrected chi connectivity index (χ3v) is 3.82. The Morgan fingerprint density at radius 3 is 3.11 bits per heavy atom. The van der Waals surface area contributed by atoms with Gasteiger partial charge in [0.15, 0.2) is 12.4 Å². The van der Waals surface area contributed by atoms with Crippen molar-refractivity contribution in [2.24, 2.45) is 12.8 Å². The van der Waals surface area contributed by atoms with Gasteiger partial charge in [-0.15, -0.1) is 11.3 Å². The molecule has 3 aromatic rings. The molecule has 6 heteroatoms. The highest BCUT2D eigenvalue weighted by molar-refractivity contribution is 7.09. The van der Waals surface area contributed by atoms with Crippen LogP contribution in [0.2, 0.25) is 0 Å². The van der Waals surface area contributed by atoms with Crippen molar-refractivity contribution in [1.29, 1.82) is 5.41 Å². The molecule has 0 aliphatic heterocycles. The van der Waals surface area contributed by atoms with Crippen molar-refractivity contribution < 1.29 is 4.57 Å². The Hall–Kier alpha value is -2.21. The van der Waals surface area contributed by atoms with Crippen molar-refractivity contribution in [1.82, 2.24) is 9.55 Å². The van der Waals surface area contributed by atoms with E-state index < -0.39 is 0 Å². The van der Waals surface area contributed by atoms with Crippen LogP contribution in [-0.4, -0.2) is 15.4 Å². The number of hydrogen-bond acceptors (Lipinski definition) is 3. The second-order valence-corrected chi connectivity index (χ2v) is 5.38. The number of amidine groups is 1. The van der Waals surface area contributed by atoms with Gasteiger partial charge in [0.05, 0.1) is 17.4 Å². The second-order valence-electron chi connectivity index (χ2n) is 4.43. The molecule has 0 amide bonds. The van der Waals surface area contributed by atoms with Gasteiger partial charge in [0.2, 0.25) is 0 Å². The zero-order chi connectivity index (χ0) is 13.4. The molecule has 0 fully saturated rings.